The van der Waals surface area contributed by atoms with E-state index in [0.717, 1.165) is 6.08 Å². The molecule has 0 aliphatic rings. The summed E-state index contributed by atoms with van der Waals surface area (Å²) >= 11 is 5.68. The number of carbonyl (C=O) groups is 2. The molecule has 16 heavy (non-hydrogen) atoms. The van der Waals surface area contributed by atoms with E-state index < -0.39 is 11.3 Å². The number of benzene rings is 1. The van der Waals surface area contributed by atoms with Gasteiger partial charge in [-0.25, -0.2) is 4.79 Å². The first-order chi connectivity index (χ1) is 7.50. The van der Waals surface area contributed by atoms with E-state index in [1.165, 1.54) is 6.08 Å². The highest BCUT2D eigenvalue weighted by Gasteiger charge is 2.11. The molecule has 1 aromatic rings. The normalized spacial score (nSPS) is 12.6. The van der Waals surface area contributed by atoms with Crippen molar-refractivity contribution in [3.63, 3.8) is 0 Å². The number of carboxylic acid groups (broad SMARTS) is 1. The minimum Gasteiger partial charge on any atom is -0.478 e. The summed E-state index contributed by atoms with van der Waals surface area (Å²) in [6.07, 6.45) is 2.45. The highest BCUT2D eigenvalue weighted by atomic mass is 35.5. The van der Waals surface area contributed by atoms with Gasteiger partial charge in [-0.05, 0) is 24.6 Å². The predicted octanol–water partition coefficient (Wildman–Crippen LogP) is 2.59. The van der Waals surface area contributed by atoms with Crippen molar-refractivity contribution in [1.82, 2.24) is 0 Å². The second kappa shape index (κ2) is 5.47. The Morgan fingerprint density at radius 2 is 2.12 bits per heavy atom. The van der Waals surface area contributed by atoms with Gasteiger partial charge in [-0.2, -0.15) is 0 Å². The topological polar surface area (TPSA) is 54.4 Å². The first kappa shape index (κ1) is 12.5. The van der Waals surface area contributed by atoms with Crippen molar-refractivity contribution in [1.29, 1.82) is 0 Å². The molecule has 0 aromatic heterocycles. The van der Waals surface area contributed by atoms with Gasteiger partial charge in [0.25, 0.3) is 0 Å². The molecule has 0 saturated heterocycles. The zero-order chi connectivity index (χ0) is 12.1. The van der Waals surface area contributed by atoms with E-state index in [0.29, 0.717) is 11.1 Å². The SMILES string of the molecule is CC(Cl)C(=O)c1cccc(/C=C/C(=O)O)c1. The van der Waals surface area contributed by atoms with Gasteiger partial charge in [0.1, 0.15) is 0 Å². The molecule has 1 N–H and O–H groups in total. The number of hydrogen-bond acceptors (Lipinski definition) is 2. The molecule has 84 valence electrons. The third-order valence-electron chi connectivity index (χ3n) is 1.95. The van der Waals surface area contributed by atoms with Crippen LogP contribution in [0.2, 0.25) is 0 Å². The second-order valence-electron chi connectivity index (χ2n) is 3.28. The molecule has 1 atom stereocenters. The Balaban J connectivity index is 2.95. The summed E-state index contributed by atoms with van der Waals surface area (Å²) in [5.41, 5.74) is 1.14. The minimum atomic E-state index is -1.03. The number of hydrogen-bond donors (Lipinski definition) is 1. The Kier molecular flexibility index (Phi) is 4.26. The van der Waals surface area contributed by atoms with Gasteiger partial charge in [-0.15, -0.1) is 11.6 Å². The number of Topliss-reactive ketones (excluding diaryl/α,β-unsaturated/α-hetero) is 1. The molecule has 0 aliphatic heterocycles. The van der Waals surface area contributed by atoms with Gasteiger partial charge in [-0.3, -0.25) is 4.79 Å². The van der Waals surface area contributed by atoms with Crippen LogP contribution >= 0.6 is 11.6 Å². The van der Waals surface area contributed by atoms with E-state index in [1.807, 2.05) is 0 Å². The number of ketones is 1. The van der Waals surface area contributed by atoms with E-state index in [-0.39, 0.29) is 5.78 Å². The van der Waals surface area contributed by atoms with E-state index in [9.17, 15) is 9.59 Å². The molecule has 1 rings (SSSR count). The molecule has 0 spiro atoms. The van der Waals surface area contributed by atoms with E-state index >= 15 is 0 Å². The molecule has 1 aromatic carbocycles. The summed E-state index contributed by atoms with van der Waals surface area (Å²) in [7, 11) is 0. The lowest BCUT2D eigenvalue weighted by molar-refractivity contribution is -0.131. The van der Waals surface area contributed by atoms with Crippen molar-refractivity contribution in [2.75, 3.05) is 0 Å². The highest BCUT2D eigenvalue weighted by Crippen LogP contribution is 2.11. The lowest BCUT2D eigenvalue weighted by Crippen LogP contribution is -2.10. The molecule has 0 aliphatic carbocycles. The molecule has 1 unspecified atom stereocenters. The quantitative estimate of drug-likeness (QED) is 0.498. The molecule has 0 amide bonds. The van der Waals surface area contributed by atoms with Crippen molar-refractivity contribution < 1.29 is 14.7 Å². The average molecular weight is 239 g/mol. The fraction of sp³-hybridized carbons (Fsp3) is 0.167. The van der Waals surface area contributed by atoms with Crippen LogP contribution in [0.5, 0.6) is 0 Å². The van der Waals surface area contributed by atoms with Crippen molar-refractivity contribution >= 4 is 29.4 Å². The zero-order valence-corrected chi connectivity index (χ0v) is 9.44. The molecule has 0 heterocycles. The van der Waals surface area contributed by atoms with Gasteiger partial charge in [-0.1, -0.05) is 18.2 Å². The van der Waals surface area contributed by atoms with E-state index in [2.05, 4.69) is 0 Å². The number of rotatable bonds is 4. The maximum atomic E-state index is 11.6. The largest absolute Gasteiger partial charge is 0.478 e. The third-order valence-corrected chi connectivity index (χ3v) is 2.15. The molecular weight excluding hydrogens is 228 g/mol. The van der Waals surface area contributed by atoms with E-state index in [4.69, 9.17) is 16.7 Å². The van der Waals surface area contributed by atoms with Crippen LogP contribution in [0.4, 0.5) is 0 Å². The fourth-order valence-electron chi connectivity index (χ4n) is 1.19. The Bertz CT molecular complexity index is 436. The maximum absolute atomic E-state index is 11.6. The first-order valence-corrected chi connectivity index (χ1v) is 5.13. The molecule has 0 bridgehead atoms. The summed E-state index contributed by atoms with van der Waals surface area (Å²) in [6.45, 7) is 1.60. The number of alkyl halides is 1. The third kappa shape index (κ3) is 3.51. The highest BCUT2D eigenvalue weighted by molar-refractivity contribution is 6.33. The predicted molar refractivity (Wildman–Crippen MR) is 62.8 cm³/mol. The maximum Gasteiger partial charge on any atom is 0.328 e. The van der Waals surface area contributed by atoms with Gasteiger partial charge in [0.05, 0.1) is 5.38 Å². The van der Waals surface area contributed by atoms with Crippen LogP contribution in [0.3, 0.4) is 0 Å². The summed E-state index contributed by atoms with van der Waals surface area (Å²) < 4.78 is 0. The van der Waals surface area contributed by atoms with Gasteiger partial charge < -0.3 is 5.11 Å². The average Bonchev–Trinajstić information content (AvgIpc) is 2.25. The molecule has 4 heteroatoms. The molecule has 0 fully saturated rings. The van der Waals surface area contributed by atoms with Gasteiger partial charge in [0.2, 0.25) is 0 Å². The number of carbonyl (C=O) groups excluding carboxylic acids is 1. The van der Waals surface area contributed by atoms with Crippen molar-refractivity contribution in [2.24, 2.45) is 0 Å². The smallest absolute Gasteiger partial charge is 0.328 e. The summed E-state index contributed by atoms with van der Waals surface area (Å²) in [5.74, 6) is -1.20. The van der Waals surface area contributed by atoms with Crippen LogP contribution in [0, 0.1) is 0 Å². The Hall–Kier alpha value is -1.61. The Morgan fingerprint density at radius 1 is 1.44 bits per heavy atom. The van der Waals surface area contributed by atoms with Crippen LogP contribution < -0.4 is 0 Å². The zero-order valence-electron chi connectivity index (χ0n) is 8.68. The van der Waals surface area contributed by atoms with Crippen LogP contribution in [0.15, 0.2) is 30.3 Å². The summed E-state index contributed by atoms with van der Waals surface area (Å²) in [4.78, 5) is 21.9. The first-order valence-electron chi connectivity index (χ1n) is 4.70. The van der Waals surface area contributed by atoms with E-state index in [1.54, 1.807) is 31.2 Å². The lowest BCUT2D eigenvalue weighted by atomic mass is 10.1. The molecule has 3 nitrogen and oxygen atoms in total. The Morgan fingerprint density at radius 3 is 2.69 bits per heavy atom. The molecular formula is C12H11ClO3. The van der Waals surface area contributed by atoms with Crippen LogP contribution in [0.25, 0.3) is 6.08 Å². The van der Waals surface area contributed by atoms with Crippen molar-refractivity contribution in [3.8, 4) is 0 Å². The monoisotopic (exact) mass is 238 g/mol. The van der Waals surface area contributed by atoms with Crippen LogP contribution in [-0.2, 0) is 4.79 Å². The van der Waals surface area contributed by atoms with Gasteiger partial charge in [0, 0.05) is 11.6 Å². The van der Waals surface area contributed by atoms with Gasteiger partial charge in [0.15, 0.2) is 5.78 Å². The lowest BCUT2D eigenvalue weighted by Gasteiger charge is -2.03. The second-order valence-corrected chi connectivity index (χ2v) is 3.93. The fourth-order valence-corrected chi connectivity index (χ4v) is 1.32. The molecule has 0 saturated carbocycles. The number of carboxylic acids is 1. The molecule has 0 radical (unpaired) electrons. The summed E-state index contributed by atoms with van der Waals surface area (Å²) in [5, 5.41) is 7.88. The van der Waals surface area contributed by atoms with Gasteiger partial charge >= 0.3 is 5.97 Å². The van der Waals surface area contributed by atoms with Crippen LogP contribution in [-0.4, -0.2) is 22.2 Å². The Labute approximate surface area is 98.4 Å². The number of halogens is 1. The standard InChI is InChI=1S/C12H11ClO3/c1-8(13)12(16)10-4-2-3-9(7-10)5-6-11(14)15/h2-8H,1H3,(H,14,15)/b6-5+. The number of aliphatic carboxylic acids is 1. The summed E-state index contributed by atoms with van der Waals surface area (Å²) in [6, 6.07) is 6.67. The van der Waals surface area contributed by atoms with Crippen molar-refractivity contribution in [3.05, 3.63) is 41.5 Å². The van der Waals surface area contributed by atoms with Crippen LogP contribution in [0.1, 0.15) is 22.8 Å². The minimum absolute atomic E-state index is 0.174. The van der Waals surface area contributed by atoms with Crippen molar-refractivity contribution in [2.45, 2.75) is 12.3 Å².